The summed E-state index contributed by atoms with van der Waals surface area (Å²) in [5, 5.41) is 10.8. The molecule has 0 saturated carbocycles. The molecule has 0 amide bonds. The first-order valence-corrected chi connectivity index (χ1v) is 9.29. The molecule has 0 bridgehead atoms. The number of hydrogen-bond acceptors (Lipinski definition) is 6. The smallest absolute Gasteiger partial charge is 0.414 e. The predicted molar refractivity (Wildman–Crippen MR) is 106 cm³/mol. The summed E-state index contributed by atoms with van der Waals surface area (Å²) >= 11 is 0. The molecule has 0 spiro atoms. The molecule has 0 unspecified atom stereocenters. The first-order valence-electron chi connectivity index (χ1n) is 9.29. The predicted octanol–water partition coefficient (Wildman–Crippen LogP) is 3.62. The number of alkyl halides is 2. The van der Waals surface area contributed by atoms with Crippen molar-refractivity contribution in [1.29, 1.82) is 0 Å². The van der Waals surface area contributed by atoms with E-state index in [2.05, 4.69) is 21.8 Å². The molecule has 3 aromatic rings. The largest absolute Gasteiger partial charge is 0.443 e. The van der Waals surface area contributed by atoms with Gasteiger partial charge in [-0.1, -0.05) is 36.3 Å². The van der Waals surface area contributed by atoms with Gasteiger partial charge in [-0.15, -0.1) is 0 Å². The zero-order valence-corrected chi connectivity index (χ0v) is 16.1. The van der Waals surface area contributed by atoms with Crippen LogP contribution >= 0.6 is 0 Å². The van der Waals surface area contributed by atoms with E-state index >= 15 is 0 Å². The fourth-order valence-corrected chi connectivity index (χ4v) is 3.01. The summed E-state index contributed by atoms with van der Waals surface area (Å²) in [6.07, 6.45) is 0.142. The first kappa shape index (κ1) is 20.4. The summed E-state index contributed by atoms with van der Waals surface area (Å²) in [6.45, 7) is 0.751. The number of fused-ring (bicyclic) bond motifs is 1. The van der Waals surface area contributed by atoms with E-state index in [9.17, 15) is 18.9 Å². The number of hydrogen-bond donors (Lipinski definition) is 0. The second-order valence-electron chi connectivity index (χ2n) is 6.69. The number of nitrogens with zero attached hydrogens (tertiary/aromatic N) is 4. The SMILES string of the molecule is O=[N+]([O-])c1cn2c(n1)OC[C@@H](OCC#Cc1ccc(-c3ccc(C(F)F)cc3)cn1)C2. The van der Waals surface area contributed by atoms with Crippen molar-refractivity contribution in [2.75, 3.05) is 13.2 Å². The number of ether oxygens (including phenoxy) is 2. The number of rotatable bonds is 5. The van der Waals surface area contributed by atoms with E-state index in [1.165, 1.54) is 22.9 Å². The number of benzene rings is 1. The number of imidazole rings is 1. The molecule has 31 heavy (non-hydrogen) atoms. The molecule has 0 aliphatic carbocycles. The molecular formula is C21H16F2N4O4. The van der Waals surface area contributed by atoms with Gasteiger partial charge in [0, 0.05) is 22.3 Å². The van der Waals surface area contributed by atoms with Crippen molar-refractivity contribution in [2.24, 2.45) is 0 Å². The minimum Gasteiger partial charge on any atom is -0.443 e. The van der Waals surface area contributed by atoms with Crippen LogP contribution in [0.15, 0.2) is 48.8 Å². The molecule has 1 aliphatic rings. The van der Waals surface area contributed by atoms with E-state index in [-0.39, 0.29) is 36.7 Å². The monoisotopic (exact) mass is 426 g/mol. The third-order valence-corrected chi connectivity index (χ3v) is 4.58. The molecule has 0 N–H and O–H groups in total. The van der Waals surface area contributed by atoms with Crippen molar-refractivity contribution in [1.82, 2.24) is 14.5 Å². The summed E-state index contributed by atoms with van der Waals surface area (Å²) in [5.41, 5.74) is 2.11. The van der Waals surface area contributed by atoms with Gasteiger partial charge in [0.05, 0.1) is 6.54 Å². The van der Waals surface area contributed by atoms with E-state index in [1.54, 1.807) is 24.4 Å². The third kappa shape index (κ3) is 4.84. The van der Waals surface area contributed by atoms with Gasteiger partial charge < -0.3 is 19.6 Å². The number of halogens is 2. The topological polar surface area (TPSA) is 92.3 Å². The Kier molecular flexibility index (Phi) is 5.86. The fraction of sp³-hybridized carbons (Fsp3) is 0.238. The maximum atomic E-state index is 12.6. The maximum Gasteiger partial charge on any atom is 0.414 e. The summed E-state index contributed by atoms with van der Waals surface area (Å²) in [7, 11) is 0. The zero-order valence-electron chi connectivity index (χ0n) is 16.1. The molecule has 2 aromatic heterocycles. The molecule has 0 radical (unpaired) electrons. The van der Waals surface area contributed by atoms with Crippen LogP contribution in [0, 0.1) is 22.0 Å². The molecule has 1 atom stereocenters. The molecule has 3 heterocycles. The minimum absolute atomic E-state index is 0.0231. The molecule has 158 valence electrons. The molecule has 8 nitrogen and oxygen atoms in total. The van der Waals surface area contributed by atoms with Gasteiger partial charge in [-0.3, -0.25) is 4.57 Å². The van der Waals surface area contributed by atoms with Gasteiger partial charge in [-0.05, 0) is 22.5 Å². The second-order valence-corrected chi connectivity index (χ2v) is 6.69. The van der Waals surface area contributed by atoms with Crippen molar-refractivity contribution in [3.8, 4) is 29.0 Å². The Morgan fingerprint density at radius 1 is 1.26 bits per heavy atom. The van der Waals surface area contributed by atoms with Gasteiger partial charge in [0.1, 0.15) is 31.2 Å². The van der Waals surface area contributed by atoms with Crippen LogP contribution in [0.4, 0.5) is 14.6 Å². The Morgan fingerprint density at radius 2 is 2.03 bits per heavy atom. The van der Waals surface area contributed by atoms with Crippen LogP contribution in [-0.4, -0.2) is 38.8 Å². The highest BCUT2D eigenvalue weighted by molar-refractivity contribution is 5.63. The van der Waals surface area contributed by atoms with Gasteiger partial charge in [-0.25, -0.2) is 13.8 Å². The van der Waals surface area contributed by atoms with Crippen LogP contribution in [0.1, 0.15) is 17.7 Å². The average Bonchev–Trinajstić information content (AvgIpc) is 3.21. The Bertz CT molecular complexity index is 1130. The van der Waals surface area contributed by atoms with Crippen molar-refractivity contribution >= 4 is 5.82 Å². The quantitative estimate of drug-likeness (QED) is 0.352. The number of aromatic nitrogens is 3. The van der Waals surface area contributed by atoms with Gasteiger partial charge in [0.25, 0.3) is 6.43 Å². The van der Waals surface area contributed by atoms with E-state index in [1.807, 2.05) is 6.07 Å². The van der Waals surface area contributed by atoms with Crippen molar-refractivity contribution < 1.29 is 23.2 Å². The highest BCUT2D eigenvalue weighted by Crippen LogP contribution is 2.24. The lowest BCUT2D eigenvalue weighted by Crippen LogP contribution is -2.32. The lowest BCUT2D eigenvalue weighted by molar-refractivity contribution is -0.389. The molecule has 0 saturated heterocycles. The van der Waals surface area contributed by atoms with Gasteiger partial charge in [0.2, 0.25) is 0 Å². The normalized spacial score (nSPS) is 15.0. The molecule has 1 aliphatic heterocycles. The van der Waals surface area contributed by atoms with Gasteiger partial charge in [0.15, 0.2) is 0 Å². The van der Waals surface area contributed by atoms with E-state index in [4.69, 9.17) is 9.47 Å². The Hall–Kier alpha value is -3.84. The summed E-state index contributed by atoms with van der Waals surface area (Å²) in [6, 6.07) is 9.80. The highest BCUT2D eigenvalue weighted by Gasteiger charge is 2.28. The van der Waals surface area contributed by atoms with Crippen molar-refractivity contribution in [3.05, 3.63) is 70.2 Å². The van der Waals surface area contributed by atoms with Crippen LogP contribution in [0.2, 0.25) is 0 Å². The van der Waals surface area contributed by atoms with Gasteiger partial charge >= 0.3 is 11.8 Å². The summed E-state index contributed by atoms with van der Waals surface area (Å²) < 4.78 is 37.8. The van der Waals surface area contributed by atoms with Crippen LogP contribution in [0.5, 0.6) is 6.01 Å². The third-order valence-electron chi connectivity index (χ3n) is 4.58. The first-order chi connectivity index (χ1) is 15.0. The lowest BCUT2D eigenvalue weighted by Gasteiger charge is -2.21. The van der Waals surface area contributed by atoms with Crippen molar-refractivity contribution in [3.63, 3.8) is 0 Å². The Balaban J connectivity index is 1.31. The van der Waals surface area contributed by atoms with Gasteiger partial charge in [-0.2, -0.15) is 0 Å². The number of nitro groups is 1. The summed E-state index contributed by atoms with van der Waals surface area (Å²) in [4.78, 5) is 18.2. The van der Waals surface area contributed by atoms with E-state index in [0.717, 1.165) is 11.1 Å². The Labute approximate surface area is 175 Å². The molecule has 1 aromatic carbocycles. The summed E-state index contributed by atoms with van der Waals surface area (Å²) in [5.74, 6) is 5.49. The van der Waals surface area contributed by atoms with E-state index in [0.29, 0.717) is 12.2 Å². The second kappa shape index (κ2) is 8.89. The van der Waals surface area contributed by atoms with Crippen molar-refractivity contribution in [2.45, 2.75) is 19.1 Å². The standard InChI is InChI=1S/C21H16F2N4O4/c22-20(23)15-5-3-14(4-6-15)16-7-8-17(24-10-16)2-1-9-30-18-11-26-12-19(27(28)29)25-21(26)31-13-18/h3-8,10,12,18,20H,9,11,13H2/t18-/m0/s1. The lowest BCUT2D eigenvalue weighted by atomic mass is 10.1. The Morgan fingerprint density at radius 3 is 2.71 bits per heavy atom. The van der Waals surface area contributed by atoms with Crippen LogP contribution in [0.25, 0.3) is 11.1 Å². The zero-order chi connectivity index (χ0) is 21.8. The highest BCUT2D eigenvalue weighted by atomic mass is 19.3. The van der Waals surface area contributed by atoms with Crippen LogP contribution in [0.3, 0.4) is 0 Å². The number of pyridine rings is 1. The van der Waals surface area contributed by atoms with Crippen LogP contribution < -0.4 is 4.74 Å². The molecule has 0 fully saturated rings. The molecule has 10 heteroatoms. The van der Waals surface area contributed by atoms with Crippen LogP contribution in [-0.2, 0) is 11.3 Å². The van der Waals surface area contributed by atoms with E-state index < -0.39 is 11.3 Å². The average molecular weight is 426 g/mol. The fourth-order valence-electron chi connectivity index (χ4n) is 3.01. The molecular weight excluding hydrogens is 410 g/mol. The minimum atomic E-state index is -2.49. The molecule has 4 rings (SSSR count). The maximum absolute atomic E-state index is 12.6.